The summed E-state index contributed by atoms with van der Waals surface area (Å²) in [6.45, 7) is 1.55. The molecule has 0 fully saturated rings. The Labute approximate surface area is 178 Å². The van der Waals surface area contributed by atoms with Gasteiger partial charge in [-0.05, 0) is 24.3 Å². The van der Waals surface area contributed by atoms with Gasteiger partial charge in [-0.25, -0.2) is 9.97 Å². The molecule has 1 N–H and O–H groups in total. The van der Waals surface area contributed by atoms with E-state index in [1.54, 1.807) is 5.51 Å². The third-order valence-electron chi connectivity index (χ3n) is 5.17. The zero-order valence-corrected chi connectivity index (χ0v) is 17.3. The maximum absolute atomic E-state index is 12.5. The molecule has 7 heteroatoms. The van der Waals surface area contributed by atoms with Crippen molar-refractivity contribution in [2.45, 2.75) is 6.42 Å². The Morgan fingerprint density at radius 2 is 2.17 bits per heavy atom. The highest BCUT2D eigenvalue weighted by atomic mass is 32.1. The Morgan fingerprint density at radius 1 is 1.23 bits per heavy atom. The molecule has 1 aliphatic rings. The number of carbonyl (C=O) groups excluding carboxylic acids is 1. The van der Waals surface area contributed by atoms with Crippen LogP contribution in [0.2, 0.25) is 0 Å². The molecule has 5 rings (SSSR count). The summed E-state index contributed by atoms with van der Waals surface area (Å²) in [7, 11) is 2.07. The second-order valence-corrected chi connectivity index (χ2v) is 7.95. The van der Waals surface area contributed by atoms with Crippen molar-refractivity contribution < 1.29 is 9.53 Å². The average Bonchev–Trinajstić information content (AvgIpc) is 3.26. The normalized spacial score (nSPS) is 13.0. The largest absolute Gasteiger partial charge is 0.490 e. The zero-order valence-electron chi connectivity index (χ0n) is 16.5. The van der Waals surface area contributed by atoms with E-state index in [2.05, 4.69) is 34.4 Å². The summed E-state index contributed by atoms with van der Waals surface area (Å²) in [6.07, 6.45) is 0.245. The molecule has 0 saturated heterocycles. The van der Waals surface area contributed by atoms with Crippen LogP contribution >= 0.6 is 11.3 Å². The van der Waals surface area contributed by atoms with Crippen molar-refractivity contribution in [1.82, 2.24) is 9.97 Å². The van der Waals surface area contributed by atoms with Crippen molar-refractivity contribution in [1.29, 1.82) is 0 Å². The number of fused-ring (bicyclic) bond motifs is 2. The first kappa shape index (κ1) is 18.6. The van der Waals surface area contributed by atoms with E-state index in [0.717, 1.165) is 45.8 Å². The third kappa shape index (κ3) is 3.59. The molecule has 1 amide bonds. The summed E-state index contributed by atoms with van der Waals surface area (Å²) in [6, 6.07) is 16.0. The number of rotatable bonds is 4. The number of carbonyl (C=O) groups is 1. The van der Waals surface area contributed by atoms with Gasteiger partial charge < -0.3 is 15.0 Å². The van der Waals surface area contributed by atoms with Crippen LogP contribution in [0.3, 0.4) is 0 Å². The first-order valence-corrected chi connectivity index (χ1v) is 10.7. The Bertz CT molecular complexity index is 1220. The molecule has 0 radical (unpaired) electrons. The maximum atomic E-state index is 12.5. The Balaban J connectivity index is 1.48. The van der Waals surface area contributed by atoms with E-state index >= 15 is 0 Å². The van der Waals surface area contributed by atoms with Gasteiger partial charge in [0, 0.05) is 23.4 Å². The van der Waals surface area contributed by atoms with Crippen LogP contribution < -0.4 is 15.0 Å². The highest BCUT2D eigenvalue weighted by molar-refractivity contribution is 7.07. The summed E-state index contributed by atoms with van der Waals surface area (Å²) in [5.74, 6) is 0.763. The molecular weight excluding hydrogens is 396 g/mol. The number of likely N-dealkylation sites (N-methyl/N-ethyl adjacent to an activating group) is 1. The van der Waals surface area contributed by atoms with Gasteiger partial charge in [0.15, 0.2) is 0 Å². The van der Waals surface area contributed by atoms with Gasteiger partial charge in [0.05, 0.1) is 46.8 Å². The molecular formula is C23H20N4O2S. The molecule has 4 aromatic rings. The van der Waals surface area contributed by atoms with Crippen LogP contribution in [0.25, 0.3) is 22.2 Å². The lowest BCUT2D eigenvalue weighted by molar-refractivity contribution is -0.115. The number of amides is 1. The van der Waals surface area contributed by atoms with E-state index in [-0.39, 0.29) is 12.3 Å². The lowest BCUT2D eigenvalue weighted by Crippen LogP contribution is -2.28. The van der Waals surface area contributed by atoms with Crippen molar-refractivity contribution in [3.05, 3.63) is 65.1 Å². The predicted octanol–water partition coefficient (Wildman–Crippen LogP) is 4.37. The minimum absolute atomic E-state index is 0.106. The van der Waals surface area contributed by atoms with Crippen LogP contribution in [-0.4, -0.2) is 36.1 Å². The van der Waals surface area contributed by atoms with Crippen LogP contribution in [0.1, 0.15) is 5.69 Å². The van der Waals surface area contributed by atoms with Crippen molar-refractivity contribution in [3.8, 4) is 17.0 Å². The van der Waals surface area contributed by atoms with E-state index in [1.165, 1.54) is 11.3 Å². The first-order chi connectivity index (χ1) is 14.7. The van der Waals surface area contributed by atoms with Crippen LogP contribution in [0.4, 0.5) is 11.4 Å². The predicted molar refractivity (Wildman–Crippen MR) is 120 cm³/mol. The van der Waals surface area contributed by atoms with Crippen molar-refractivity contribution >= 4 is 39.5 Å². The summed E-state index contributed by atoms with van der Waals surface area (Å²) in [4.78, 5) is 23.7. The molecule has 0 aliphatic carbocycles. The van der Waals surface area contributed by atoms with Gasteiger partial charge in [0.1, 0.15) is 12.4 Å². The highest BCUT2D eigenvalue weighted by Gasteiger charge is 2.16. The average molecular weight is 417 g/mol. The molecule has 6 nitrogen and oxygen atoms in total. The van der Waals surface area contributed by atoms with Gasteiger partial charge in [-0.1, -0.05) is 24.3 Å². The molecule has 2 aromatic carbocycles. The number of hydrogen-bond acceptors (Lipinski definition) is 6. The second kappa shape index (κ2) is 7.76. The van der Waals surface area contributed by atoms with Gasteiger partial charge in [-0.15, -0.1) is 11.3 Å². The lowest BCUT2D eigenvalue weighted by Gasteiger charge is -2.27. The SMILES string of the molecule is CN1CCOc2cc(-c3ccc4cccc(NC(=O)Cc5cscn5)c4n3)ccc21. The highest BCUT2D eigenvalue weighted by Crippen LogP contribution is 2.35. The monoisotopic (exact) mass is 416 g/mol. The van der Waals surface area contributed by atoms with E-state index < -0.39 is 0 Å². The van der Waals surface area contributed by atoms with E-state index in [1.807, 2.05) is 41.8 Å². The lowest BCUT2D eigenvalue weighted by atomic mass is 10.1. The topological polar surface area (TPSA) is 67.3 Å². The molecule has 0 unspecified atom stereocenters. The number of para-hydroxylation sites is 1. The van der Waals surface area contributed by atoms with Crippen molar-refractivity contribution in [3.63, 3.8) is 0 Å². The minimum Gasteiger partial charge on any atom is -0.490 e. The molecule has 0 spiro atoms. The summed E-state index contributed by atoms with van der Waals surface area (Å²) < 4.78 is 5.84. The summed E-state index contributed by atoms with van der Waals surface area (Å²) in [5, 5.41) is 5.84. The second-order valence-electron chi connectivity index (χ2n) is 7.23. The van der Waals surface area contributed by atoms with Gasteiger partial charge in [-0.2, -0.15) is 0 Å². The molecule has 2 aromatic heterocycles. The fourth-order valence-corrected chi connectivity index (χ4v) is 4.17. The van der Waals surface area contributed by atoms with E-state index in [0.29, 0.717) is 12.3 Å². The maximum Gasteiger partial charge on any atom is 0.230 e. The number of nitrogens with one attached hydrogen (secondary N) is 1. The number of nitrogens with zero attached hydrogens (tertiary/aromatic N) is 3. The van der Waals surface area contributed by atoms with Gasteiger partial charge in [0.25, 0.3) is 0 Å². The number of aromatic nitrogens is 2. The van der Waals surface area contributed by atoms with Gasteiger partial charge >= 0.3 is 0 Å². The van der Waals surface area contributed by atoms with E-state index in [9.17, 15) is 4.79 Å². The van der Waals surface area contributed by atoms with Gasteiger partial charge in [0.2, 0.25) is 5.91 Å². The third-order valence-corrected chi connectivity index (χ3v) is 5.81. The Morgan fingerprint density at radius 3 is 3.03 bits per heavy atom. The molecule has 30 heavy (non-hydrogen) atoms. The number of thiazole rings is 1. The first-order valence-electron chi connectivity index (χ1n) is 9.72. The Kier molecular flexibility index (Phi) is 4.80. The summed E-state index contributed by atoms with van der Waals surface area (Å²) in [5.41, 5.74) is 6.86. The van der Waals surface area contributed by atoms with Crippen LogP contribution in [0, 0.1) is 0 Å². The minimum atomic E-state index is -0.106. The van der Waals surface area contributed by atoms with Crippen molar-refractivity contribution in [2.75, 3.05) is 30.4 Å². The molecule has 0 atom stereocenters. The smallest absolute Gasteiger partial charge is 0.230 e. The fourth-order valence-electron chi connectivity index (χ4n) is 3.61. The van der Waals surface area contributed by atoms with Crippen LogP contribution in [-0.2, 0) is 11.2 Å². The van der Waals surface area contributed by atoms with Crippen molar-refractivity contribution in [2.24, 2.45) is 0 Å². The number of pyridine rings is 1. The fraction of sp³-hybridized carbons (Fsp3) is 0.174. The number of ether oxygens (including phenoxy) is 1. The molecule has 0 saturated carbocycles. The molecule has 0 bridgehead atoms. The van der Waals surface area contributed by atoms with Crippen LogP contribution in [0.15, 0.2) is 59.4 Å². The molecule has 1 aliphatic heterocycles. The summed E-state index contributed by atoms with van der Waals surface area (Å²) >= 11 is 1.48. The van der Waals surface area contributed by atoms with E-state index in [4.69, 9.17) is 9.72 Å². The van der Waals surface area contributed by atoms with Crippen LogP contribution in [0.5, 0.6) is 5.75 Å². The van der Waals surface area contributed by atoms with Gasteiger partial charge in [-0.3, -0.25) is 4.79 Å². The molecule has 3 heterocycles. The zero-order chi connectivity index (χ0) is 20.5. The quantitative estimate of drug-likeness (QED) is 0.535. The number of anilines is 2. The molecule has 150 valence electrons. The number of benzene rings is 2. The Hall–Kier alpha value is -3.45. The standard InChI is InChI=1S/C23H20N4O2S/c1-27-9-10-29-21-11-16(6-8-20(21)27)18-7-5-15-3-2-4-19(23(15)26-18)25-22(28)12-17-13-30-14-24-17/h2-8,11,13-14H,9-10,12H2,1H3,(H,25,28). The number of hydrogen-bond donors (Lipinski definition) is 1.